The smallest absolute Gasteiger partial charge is 0.350 e. The highest BCUT2D eigenvalue weighted by Gasteiger charge is 2.38. The molecule has 1 fully saturated rings. The van der Waals surface area contributed by atoms with Crippen molar-refractivity contribution in [3.63, 3.8) is 0 Å². The molecule has 6 heteroatoms. The molecule has 1 aliphatic rings. The summed E-state index contributed by atoms with van der Waals surface area (Å²) in [5.74, 6) is -3.37. The number of ether oxygens (including phenoxy) is 2. The molecule has 1 N–H and O–H groups in total. The minimum Gasteiger partial charge on any atom is -0.419 e. The standard InChI is InChI=1S/C14H14FNO4/c1-8-5-4-6-10(11(8)15)16-7-9-12(17)19-14(2,3)20-13(9)18/h4-7,16H,1-3H3. The molecule has 0 spiro atoms. The Kier molecular flexibility index (Phi) is 3.48. The van der Waals surface area contributed by atoms with Crippen LogP contribution in [0.5, 0.6) is 0 Å². The van der Waals surface area contributed by atoms with Crippen LogP contribution >= 0.6 is 0 Å². The van der Waals surface area contributed by atoms with E-state index in [-0.39, 0.29) is 11.3 Å². The highest BCUT2D eigenvalue weighted by Crippen LogP contribution is 2.23. The normalized spacial score (nSPS) is 17.3. The summed E-state index contributed by atoms with van der Waals surface area (Å²) in [6.45, 7) is 4.51. The van der Waals surface area contributed by atoms with Crippen molar-refractivity contribution in [2.45, 2.75) is 26.6 Å². The zero-order valence-electron chi connectivity index (χ0n) is 11.3. The second-order valence-corrected chi connectivity index (χ2v) is 4.82. The number of carbonyl (C=O) groups is 2. The van der Waals surface area contributed by atoms with Gasteiger partial charge in [0.05, 0.1) is 5.69 Å². The van der Waals surface area contributed by atoms with Gasteiger partial charge in [-0.1, -0.05) is 12.1 Å². The quantitative estimate of drug-likeness (QED) is 0.511. The summed E-state index contributed by atoms with van der Waals surface area (Å²) >= 11 is 0. The number of esters is 2. The monoisotopic (exact) mass is 279 g/mol. The first-order valence-corrected chi connectivity index (χ1v) is 5.99. The number of halogens is 1. The minimum atomic E-state index is -1.29. The van der Waals surface area contributed by atoms with E-state index in [1.807, 2.05) is 0 Å². The molecular formula is C14H14FNO4. The number of carbonyl (C=O) groups excluding carboxylic acids is 2. The Balaban J connectivity index is 2.22. The molecule has 1 saturated heterocycles. The van der Waals surface area contributed by atoms with Gasteiger partial charge in [-0.05, 0) is 18.6 Å². The maximum absolute atomic E-state index is 13.7. The van der Waals surface area contributed by atoms with Gasteiger partial charge >= 0.3 is 11.9 Å². The van der Waals surface area contributed by atoms with E-state index < -0.39 is 23.5 Å². The molecule has 5 nitrogen and oxygen atoms in total. The molecule has 1 aliphatic heterocycles. The Bertz CT molecular complexity index is 585. The summed E-state index contributed by atoms with van der Waals surface area (Å²) in [6, 6.07) is 4.75. The molecule has 0 aliphatic carbocycles. The van der Waals surface area contributed by atoms with Crippen molar-refractivity contribution in [3.8, 4) is 0 Å². The molecule has 0 radical (unpaired) electrons. The van der Waals surface area contributed by atoms with Crippen LogP contribution in [0, 0.1) is 12.7 Å². The molecule has 1 heterocycles. The first-order valence-electron chi connectivity index (χ1n) is 5.99. The van der Waals surface area contributed by atoms with E-state index in [2.05, 4.69) is 5.32 Å². The number of rotatable bonds is 2. The lowest BCUT2D eigenvalue weighted by Crippen LogP contribution is -2.42. The third kappa shape index (κ3) is 2.79. The van der Waals surface area contributed by atoms with E-state index >= 15 is 0 Å². The van der Waals surface area contributed by atoms with Crippen molar-refractivity contribution < 1.29 is 23.5 Å². The Morgan fingerprint density at radius 2 is 1.80 bits per heavy atom. The molecule has 0 aromatic heterocycles. The van der Waals surface area contributed by atoms with Crippen LogP contribution in [0.15, 0.2) is 30.0 Å². The van der Waals surface area contributed by atoms with Crippen LogP contribution in [0.25, 0.3) is 0 Å². The molecule has 0 saturated carbocycles. The fourth-order valence-electron chi connectivity index (χ4n) is 1.69. The summed E-state index contributed by atoms with van der Waals surface area (Å²) in [6.07, 6.45) is 1.08. The lowest BCUT2D eigenvalue weighted by atomic mass is 10.2. The predicted molar refractivity (Wildman–Crippen MR) is 69.1 cm³/mol. The molecule has 0 amide bonds. The summed E-state index contributed by atoms with van der Waals surface area (Å²) in [7, 11) is 0. The van der Waals surface area contributed by atoms with Crippen LogP contribution in [0.3, 0.4) is 0 Å². The lowest BCUT2D eigenvalue weighted by molar-refractivity contribution is -0.222. The second kappa shape index (κ2) is 4.96. The topological polar surface area (TPSA) is 64.6 Å². The van der Waals surface area contributed by atoms with E-state index in [4.69, 9.17) is 9.47 Å². The third-order valence-electron chi connectivity index (χ3n) is 2.68. The Labute approximate surface area is 115 Å². The number of hydrogen-bond acceptors (Lipinski definition) is 5. The fourth-order valence-corrected chi connectivity index (χ4v) is 1.69. The number of nitrogens with one attached hydrogen (secondary N) is 1. The van der Waals surface area contributed by atoms with Crippen molar-refractivity contribution in [1.29, 1.82) is 0 Å². The van der Waals surface area contributed by atoms with Crippen molar-refractivity contribution in [1.82, 2.24) is 0 Å². The zero-order valence-corrected chi connectivity index (χ0v) is 11.3. The molecule has 2 rings (SSSR count). The summed E-state index contributed by atoms with van der Waals surface area (Å²) in [5.41, 5.74) is 0.288. The van der Waals surface area contributed by atoms with Crippen molar-refractivity contribution >= 4 is 17.6 Å². The average Bonchev–Trinajstić information content (AvgIpc) is 2.31. The largest absolute Gasteiger partial charge is 0.419 e. The Hall–Kier alpha value is -2.37. The predicted octanol–water partition coefficient (Wildman–Crippen LogP) is 2.27. The van der Waals surface area contributed by atoms with Crippen molar-refractivity contribution in [2.75, 3.05) is 5.32 Å². The number of aryl methyl sites for hydroxylation is 1. The number of benzene rings is 1. The number of hydrogen-bond donors (Lipinski definition) is 1. The van der Waals surface area contributed by atoms with E-state index in [0.29, 0.717) is 5.56 Å². The first-order chi connectivity index (χ1) is 9.30. The van der Waals surface area contributed by atoms with Gasteiger partial charge in [-0.3, -0.25) is 0 Å². The molecule has 20 heavy (non-hydrogen) atoms. The molecule has 1 aromatic carbocycles. The molecule has 0 bridgehead atoms. The van der Waals surface area contributed by atoms with Gasteiger partial charge in [0.25, 0.3) is 5.79 Å². The fraction of sp³-hybridized carbons (Fsp3) is 0.286. The summed E-state index contributed by atoms with van der Waals surface area (Å²) < 4.78 is 23.6. The van der Waals surface area contributed by atoms with Crippen LogP contribution in [0.2, 0.25) is 0 Å². The lowest BCUT2D eigenvalue weighted by Gasteiger charge is -2.29. The van der Waals surface area contributed by atoms with Crippen LogP contribution in [0.4, 0.5) is 10.1 Å². The van der Waals surface area contributed by atoms with Gasteiger partial charge in [0, 0.05) is 20.0 Å². The van der Waals surface area contributed by atoms with Gasteiger partial charge in [0.2, 0.25) is 0 Å². The number of cyclic esters (lactones) is 2. The summed E-state index contributed by atoms with van der Waals surface area (Å²) in [5, 5.41) is 2.57. The van der Waals surface area contributed by atoms with Crippen LogP contribution in [-0.4, -0.2) is 17.7 Å². The molecule has 1 aromatic rings. The number of anilines is 1. The molecular weight excluding hydrogens is 265 g/mol. The van der Waals surface area contributed by atoms with Crippen LogP contribution in [-0.2, 0) is 19.1 Å². The van der Waals surface area contributed by atoms with Crippen molar-refractivity contribution in [2.24, 2.45) is 0 Å². The average molecular weight is 279 g/mol. The summed E-state index contributed by atoms with van der Waals surface area (Å²) in [4.78, 5) is 23.3. The minimum absolute atomic E-state index is 0.155. The Morgan fingerprint density at radius 1 is 1.20 bits per heavy atom. The van der Waals surface area contributed by atoms with Crippen LogP contribution in [0.1, 0.15) is 19.4 Å². The van der Waals surface area contributed by atoms with E-state index in [9.17, 15) is 14.0 Å². The van der Waals surface area contributed by atoms with E-state index in [1.165, 1.54) is 19.9 Å². The highest BCUT2D eigenvalue weighted by molar-refractivity contribution is 6.15. The molecule has 0 atom stereocenters. The zero-order chi connectivity index (χ0) is 14.9. The van der Waals surface area contributed by atoms with Gasteiger partial charge < -0.3 is 14.8 Å². The SMILES string of the molecule is Cc1cccc(NC=C2C(=O)OC(C)(C)OC2=O)c1F. The van der Waals surface area contributed by atoms with E-state index in [1.54, 1.807) is 19.1 Å². The maximum atomic E-state index is 13.7. The Morgan fingerprint density at radius 3 is 2.40 bits per heavy atom. The van der Waals surface area contributed by atoms with Gasteiger partial charge in [0.15, 0.2) is 5.57 Å². The second-order valence-electron chi connectivity index (χ2n) is 4.82. The van der Waals surface area contributed by atoms with Gasteiger partial charge in [0.1, 0.15) is 5.82 Å². The van der Waals surface area contributed by atoms with Gasteiger partial charge in [-0.25, -0.2) is 14.0 Å². The van der Waals surface area contributed by atoms with E-state index in [0.717, 1.165) is 6.20 Å². The van der Waals surface area contributed by atoms with Gasteiger partial charge in [-0.15, -0.1) is 0 Å². The molecule has 0 unspecified atom stereocenters. The van der Waals surface area contributed by atoms with Crippen LogP contribution < -0.4 is 5.32 Å². The maximum Gasteiger partial charge on any atom is 0.350 e. The molecule has 106 valence electrons. The third-order valence-corrected chi connectivity index (χ3v) is 2.68. The van der Waals surface area contributed by atoms with Crippen molar-refractivity contribution in [3.05, 3.63) is 41.4 Å². The first kappa shape index (κ1) is 14.0. The van der Waals surface area contributed by atoms with Gasteiger partial charge in [-0.2, -0.15) is 0 Å². The highest BCUT2D eigenvalue weighted by atomic mass is 19.1.